The molecular formula is C13H14N2O4. The summed E-state index contributed by atoms with van der Waals surface area (Å²) in [4.78, 5) is 22.8. The Balaban J connectivity index is 2.77. The first kappa shape index (κ1) is 14.5. The normalized spacial score (nSPS) is 9.47. The van der Waals surface area contributed by atoms with Gasteiger partial charge in [0, 0.05) is 13.0 Å². The number of anilines is 1. The first-order valence-electron chi connectivity index (χ1n) is 5.52. The maximum atomic E-state index is 11.5. The maximum Gasteiger partial charge on any atom is 0.339 e. The van der Waals surface area contributed by atoms with E-state index in [1.54, 1.807) is 0 Å². The molecule has 0 saturated carbocycles. The number of esters is 1. The quantitative estimate of drug-likeness (QED) is 0.407. The molecule has 0 aromatic heterocycles. The van der Waals surface area contributed by atoms with Crippen LogP contribution >= 0.6 is 0 Å². The lowest BCUT2D eigenvalue weighted by molar-refractivity contribution is -0.116. The Hall–Kier alpha value is -2.52. The molecule has 4 N–H and O–H groups in total. The minimum Gasteiger partial charge on any atom is -0.506 e. The molecular weight excluding hydrogens is 248 g/mol. The third-order valence-electron chi connectivity index (χ3n) is 2.17. The summed E-state index contributed by atoms with van der Waals surface area (Å²) in [5.41, 5.74) is 5.57. The summed E-state index contributed by atoms with van der Waals surface area (Å²) in [5.74, 6) is 0.960. The highest BCUT2D eigenvalue weighted by Crippen LogP contribution is 2.24. The number of amides is 1. The van der Waals surface area contributed by atoms with Crippen LogP contribution in [-0.4, -0.2) is 30.1 Å². The van der Waals surface area contributed by atoms with Crippen LogP contribution in [0.15, 0.2) is 18.2 Å². The molecule has 6 nitrogen and oxygen atoms in total. The zero-order valence-electron chi connectivity index (χ0n) is 10.2. The van der Waals surface area contributed by atoms with E-state index in [9.17, 15) is 14.7 Å². The average Bonchev–Trinajstić information content (AvgIpc) is 2.38. The summed E-state index contributed by atoms with van der Waals surface area (Å²) in [6.07, 6.45) is 5.10. The lowest BCUT2D eigenvalue weighted by Gasteiger charge is -2.08. The number of nitrogens with one attached hydrogen (secondary N) is 1. The third-order valence-corrected chi connectivity index (χ3v) is 2.17. The van der Waals surface area contributed by atoms with Crippen molar-refractivity contribution in [3.63, 3.8) is 0 Å². The van der Waals surface area contributed by atoms with E-state index in [2.05, 4.69) is 11.2 Å². The van der Waals surface area contributed by atoms with Crippen LogP contribution in [0.5, 0.6) is 5.75 Å². The molecule has 0 aliphatic rings. The van der Waals surface area contributed by atoms with Gasteiger partial charge in [-0.15, -0.1) is 6.42 Å². The van der Waals surface area contributed by atoms with Gasteiger partial charge in [0.2, 0.25) is 5.91 Å². The van der Waals surface area contributed by atoms with Gasteiger partial charge in [-0.1, -0.05) is 5.92 Å². The van der Waals surface area contributed by atoms with Gasteiger partial charge >= 0.3 is 5.97 Å². The molecule has 1 aromatic rings. The fourth-order valence-electron chi connectivity index (χ4n) is 1.30. The Labute approximate surface area is 110 Å². The molecule has 0 atom stereocenters. The number of carbonyl (C=O) groups excluding carboxylic acids is 2. The number of nitrogens with two attached hydrogens (primary N) is 1. The molecule has 0 aliphatic carbocycles. The zero-order chi connectivity index (χ0) is 14.3. The number of phenolic OH excluding ortho intramolecular Hbond substituents is 1. The molecule has 0 bridgehead atoms. The topological polar surface area (TPSA) is 102 Å². The molecule has 0 fully saturated rings. The molecule has 1 aromatic carbocycles. The minimum absolute atomic E-state index is 0.143. The fraction of sp³-hybridized carbons (Fsp3) is 0.231. The Morgan fingerprint density at radius 1 is 1.47 bits per heavy atom. The van der Waals surface area contributed by atoms with E-state index >= 15 is 0 Å². The van der Waals surface area contributed by atoms with Crippen LogP contribution in [0.3, 0.4) is 0 Å². The van der Waals surface area contributed by atoms with Crippen LogP contribution in [0.4, 0.5) is 5.69 Å². The minimum atomic E-state index is -0.645. The van der Waals surface area contributed by atoms with Gasteiger partial charge in [-0.05, 0) is 18.2 Å². The maximum absolute atomic E-state index is 11.5. The van der Waals surface area contributed by atoms with Gasteiger partial charge in [-0.2, -0.15) is 0 Å². The molecule has 1 rings (SSSR count). The SMILES string of the molecule is C#CCOC(=O)c1ccc(NC(=O)CCN)c(O)c1. The van der Waals surface area contributed by atoms with Crippen molar-refractivity contribution < 1.29 is 19.4 Å². The van der Waals surface area contributed by atoms with E-state index in [4.69, 9.17) is 16.9 Å². The number of benzene rings is 1. The summed E-state index contributed by atoms with van der Waals surface area (Å²) < 4.78 is 4.70. The molecule has 0 unspecified atom stereocenters. The van der Waals surface area contributed by atoms with Crippen LogP contribution in [0.25, 0.3) is 0 Å². The van der Waals surface area contributed by atoms with Crippen LogP contribution in [-0.2, 0) is 9.53 Å². The highest BCUT2D eigenvalue weighted by Gasteiger charge is 2.11. The van der Waals surface area contributed by atoms with Crippen LogP contribution in [0.1, 0.15) is 16.8 Å². The molecule has 0 saturated heterocycles. The number of terminal acetylenes is 1. The van der Waals surface area contributed by atoms with Gasteiger partial charge in [0.25, 0.3) is 0 Å². The molecule has 0 radical (unpaired) electrons. The van der Waals surface area contributed by atoms with E-state index in [1.807, 2.05) is 0 Å². The number of aromatic hydroxyl groups is 1. The predicted octanol–water partition coefficient (Wildman–Crippen LogP) is 0.470. The van der Waals surface area contributed by atoms with Crippen molar-refractivity contribution in [3.05, 3.63) is 23.8 Å². The smallest absolute Gasteiger partial charge is 0.339 e. The first-order chi connectivity index (χ1) is 9.08. The van der Waals surface area contributed by atoms with Crippen molar-refractivity contribution in [1.82, 2.24) is 0 Å². The van der Waals surface area contributed by atoms with Gasteiger partial charge in [0.15, 0.2) is 6.61 Å². The zero-order valence-corrected chi connectivity index (χ0v) is 10.2. The lowest BCUT2D eigenvalue weighted by atomic mass is 10.2. The molecule has 6 heteroatoms. The summed E-state index contributed by atoms with van der Waals surface area (Å²) in [6, 6.07) is 4.00. The van der Waals surface area contributed by atoms with Crippen LogP contribution in [0, 0.1) is 12.3 Å². The molecule has 0 heterocycles. The fourth-order valence-corrected chi connectivity index (χ4v) is 1.30. The molecule has 1 amide bonds. The highest BCUT2D eigenvalue weighted by atomic mass is 16.5. The predicted molar refractivity (Wildman–Crippen MR) is 69.5 cm³/mol. The summed E-state index contributed by atoms with van der Waals surface area (Å²) in [5, 5.41) is 12.2. The Morgan fingerprint density at radius 3 is 2.79 bits per heavy atom. The monoisotopic (exact) mass is 262 g/mol. The number of ether oxygens (including phenoxy) is 1. The van der Waals surface area contributed by atoms with Gasteiger partial charge in [-0.3, -0.25) is 4.79 Å². The van der Waals surface area contributed by atoms with Crippen LogP contribution in [0.2, 0.25) is 0 Å². The highest BCUT2D eigenvalue weighted by molar-refractivity contribution is 5.95. The van der Waals surface area contributed by atoms with Crippen molar-refractivity contribution in [1.29, 1.82) is 0 Å². The van der Waals surface area contributed by atoms with Crippen molar-refractivity contribution in [2.75, 3.05) is 18.5 Å². The largest absolute Gasteiger partial charge is 0.506 e. The summed E-state index contributed by atoms with van der Waals surface area (Å²) in [7, 11) is 0. The molecule has 19 heavy (non-hydrogen) atoms. The molecule has 100 valence electrons. The summed E-state index contributed by atoms with van der Waals surface area (Å²) >= 11 is 0. The van der Waals surface area contributed by atoms with Gasteiger partial charge in [0.1, 0.15) is 5.75 Å². The van der Waals surface area contributed by atoms with Gasteiger partial charge in [-0.25, -0.2) is 4.79 Å². The number of carbonyl (C=O) groups is 2. The molecule has 0 spiro atoms. The first-order valence-corrected chi connectivity index (χ1v) is 5.52. The van der Waals surface area contributed by atoms with Gasteiger partial charge in [0.05, 0.1) is 11.3 Å². The van der Waals surface area contributed by atoms with Crippen molar-refractivity contribution in [3.8, 4) is 18.1 Å². The summed E-state index contributed by atoms with van der Waals surface area (Å²) in [6.45, 7) is 0.0671. The second-order valence-electron chi connectivity index (χ2n) is 3.60. The number of hydrogen-bond acceptors (Lipinski definition) is 5. The lowest BCUT2D eigenvalue weighted by Crippen LogP contribution is -2.16. The van der Waals surface area contributed by atoms with E-state index in [0.717, 1.165) is 0 Å². The number of phenols is 1. The van der Waals surface area contributed by atoms with Gasteiger partial charge < -0.3 is 20.9 Å². The second kappa shape index (κ2) is 7.03. The Bertz CT molecular complexity index is 520. The third kappa shape index (κ3) is 4.33. The van der Waals surface area contributed by atoms with Crippen molar-refractivity contribution in [2.45, 2.75) is 6.42 Å². The standard InChI is InChI=1S/C13H14N2O4/c1-2-7-19-13(18)9-3-4-10(11(16)8-9)15-12(17)5-6-14/h1,3-4,8,16H,5-7,14H2,(H,15,17). The Morgan fingerprint density at radius 2 is 2.21 bits per heavy atom. The van der Waals surface area contributed by atoms with E-state index in [0.29, 0.717) is 0 Å². The second-order valence-corrected chi connectivity index (χ2v) is 3.60. The van der Waals surface area contributed by atoms with Crippen LogP contribution < -0.4 is 11.1 Å². The number of rotatable bonds is 5. The van der Waals surface area contributed by atoms with Crippen molar-refractivity contribution >= 4 is 17.6 Å². The van der Waals surface area contributed by atoms with Crippen molar-refractivity contribution in [2.24, 2.45) is 5.73 Å². The average molecular weight is 262 g/mol. The van der Waals surface area contributed by atoms with E-state index in [-0.39, 0.29) is 42.5 Å². The Kier molecular flexibility index (Phi) is 5.38. The van der Waals surface area contributed by atoms with E-state index < -0.39 is 5.97 Å². The molecule has 0 aliphatic heterocycles. The van der Waals surface area contributed by atoms with E-state index in [1.165, 1.54) is 18.2 Å². The number of hydrogen-bond donors (Lipinski definition) is 3.